The molecule has 43 heavy (non-hydrogen) atoms. The summed E-state index contributed by atoms with van der Waals surface area (Å²) in [5.41, 5.74) is 12.4. The van der Waals surface area contributed by atoms with E-state index in [0.29, 0.717) is 17.1 Å². The van der Waals surface area contributed by atoms with E-state index in [1.807, 2.05) is 0 Å². The van der Waals surface area contributed by atoms with E-state index >= 15 is 0 Å². The summed E-state index contributed by atoms with van der Waals surface area (Å²) in [7, 11) is 2.08. The van der Waals surface area contributed by atoms with Gasteiger partial charge in [-0.3, -0.25) is 0 Å². The quantitative estimate of drug-likeness (QED) is 0.196. The molecule has 2 heterocycles. The Hall–Kier alpha value is -4.68. The largest absolute Gasteiger partial charge is 0.454 e. The molecule has 0 aliphatic carbocycles. The highest BCUT2D eigenvalue weighted by Crippen LogP contribution is 2.41. The van der Waals surface area contributed by atoms with Crippen molar-refractivity contribution in [2.24, 2.45) is 12.5 Å². The van der Waals surface area contributed by atoms with Gasteiger partial charge in [-0.25, -0.2) is 4.57 Å². The minimum Gasteiger partial charge on any atom is -0.454 e. The Morgan fingerprint density at radius 1 is 0.814 bits per heavy atom. The Kier molecular flexibility index (Phi) is 7.18. The van der Waals surface area contributed by atoms with Gasteiger partial charge in [0.05, 0.1) is 5.56 Å². The molecule has 214 valence electrons. The van der Waals surface area contributed by atoms with E-state index in [0.717, 1.165) is 56.3 Å². The van der Waals surface area contributed by atoms with Gasteiger partial charge in [0.2, 0.25) is 5.69 Å². The van der Waals surface area contributed by atoms with Gasteiger partial charge < -0.3 is 4.42 Å². The van der Waals surface area contributed by atoms with Crippen LogP contribution in [0.1, 0.15) is 62.8 Å². The monoisotopic (exact) mass is 563 g/mol. The van der Waals surface area contributed by atoms with Crippen molar-refractivity contribution in [3.63, 3.8) is 0 Å². The van der Waals surface area contributed by atoms with Crippen LogP contribution >= 0.6 is 0 Å². The molecule has 0 fully saturated rings. The van der Waals surface area contributed by atoms with Crippen molar-refractivity contribution in [2.75, 3.05) is 0 Å². The second kappa shape index (κ2) is 10.9. The van der Waals surface area contributed by atoms with Gasteiger partial charge in [0, 0.05) is 28.5 Å². The fourth-order valence-corrected chi connectivity index (χ4v) is 6.18. The summed E-state index contributed by atoms with van der Waals surface area (Å²) >= 11 is 0. The number of nitriles is 1. The summed E-state index contributed by atoms with van der Waals surface area (Å²) in [6, 6.07) is 32.7. The zero-order valence-corrected chi connectivity index (χ0v) is 26.2. The van der Waals surface area contributed by atoms with Crippen LogP contribution in [0.15, 0.2) is 95.5 Å². The maximum absolute atomic E-state index is 10.4. The van der Waals surface area contributed by atoms with Gasteiger partial charge in [-0.1, -0.05) is 101 Å². The van der Waals surface area contributed by atoms with Crippen LogP contribution in [-0.4, -0.2) is 0 Å². The molecule has 6 rings (SSSR count). The van der Waals surface area contributed by atoms with E-state index in [4.69, 9.17) is 4.42 Å². The molecule has 3 heteroatoms. The van der Waals surface area contributed by atoms with Gasteiger partial charge in [0.25, 0.3) is 0 Å². The molecule has 0 aliphatic rings. The Morgan fingerprint density at radius 2 is 1.51 bits per heavy atom. The van der Waals surface area contributed by atoms with Crippen molar-refractivity contribution >= 4 is 21.9 Å². The van der Waals surface area contributed by atoms with E-state index in [9.17, 15) is 5.26 Å². The molecule has 0 aliphatic heterocycles. The minimum absolute atomic E-state index is 0.187. The van der Waals surface area contributed by atoms with E-state index in [-0.39, 0.29) is 5.41 Å². The third-order valence-corrected chi connectivity index (χ3v) is 8.42. The summed E-state index contributed by atoms with van der Waals surface area (Å²) in [4.78, 5) is 0. The summed E-state index contributed by atoms with van der Waals surface area (Å²) in [6.45, 7) is 13.4. The molecule has 0 radical (unpaired) electrons. The molecule has 0 saturated heterocycles. The molecule has 0 unspecified atom stereocenters. The zero-order chi connectivity index (χ0) is 30.5. The van der Waals surface area contributed by atoms with Gasteiger partial charge >= 0.3 is 0 Å². The number of nitrogens with zero attached hydrogens (tertiary/aromatic N) is 2. The molecular weight excluding hydrogens is 524 g/mol. The minimum atomic E-state index is 0.187. The van der Waals surface area contributed by atoms with E-state index in [1.54, 1.807) is 0 Å². The van der Waals surface area contributed by atoms with Gasteiger partial charge in [-0.2, -0.15) is 5.26 Å². The normalized spacial score (nSPS) is 11.9. The second-order valence-corrected chi connectivity index (χ2v) is 13.3. The topological polar surface area (TPSA) is 40.8 Å². The van der Waals surface area contributed by atoms with E-state index < -0.39 is 0 Å². The van der Waals surface area contributed by atoms with Crippen molar-refractivity contribution in [1.29, 1.82) is 5.26 Å². The fraction of sp³-hybridized carbons (Fsp3) is 0.250. The number of hydrogen-bond acceptors (Lipinski definition) is 2. The predicted octanol–water partition coefficient (Wildman–Crippen LogP) is 10.3. The van der Waals surface area contributed by atoms with Gasteiger partial charge in [0.15, 0.2) is 11.8 Å². The number of aryl methyl sites for hydroxylation is 2. The highest BCUT2D eigenvalue weighted by atomic mass is 16.3. The van der Waals surface area contributed by atoms with Crippen molar-refractivity contribution in [2.45, 2.75) is 53.9 Å². The van der Waals surface area contributed by atoms with Crippen molar-refractivity contribution in [3.8, 4) is 39.6 Å². The number of aromatic nitrogens is 1. The van der Waals surface area contributed by atoms with Crippen LogP contribution in [0.2, 0.25) is 0 Å². The van der Waals surface area contributed by atoms with Gasteiger partial charge in [0.1, 0.15) is 24.3 Å². The molecule has 0 bridgehead atoms. The maximum atomic E-state index is 10.4. The van der Waals surface area contributed by atoms with Crippen molar-refractivity contribution in [3.05, 3.63) is 113 Å². The van der Waals surface area contributed by atoms with Crippen molar-refractivity contribution in [1.82, 2.24) is 0 Å². The SMILES string of the molecule is Cc1ccc2c(oc3c(C#N)c(-c4ccc(-c5cccc(C(C)C)c5)cc4)ccc32)c1-c1cc(CC(C)(C)C)cc[n+]1C. The summed E-state index contributed by atoms with van der Waals surface area (Å²) < 4.78 is 8.85. The lowest BCUT2D eigenvalue weighted by molar-refractivity contribution is -0.660. The van der Waals surface area contributed by atoms with Gasteiger partial charge in [-0.15, -0.1) is 0 Å². The smallest absolute Gasteiger partial charge is 0.216 e. The molecule has 0 amide bonds. The van der Waals surface area contributed by atoms with Crippen molar-refractivity contribution < 1.29 is 8.98 Å². The Labute approximate surface area is 255 Å². The second-order valence-electron chi connectivity index (χ2n) is 13.3. The number of hydrogen-bond donors (Lipinski definition) is 0. The number of rotatable bonds is 5. The average Bonchev–Trinajstić information content (AvgIpc) is 3.36. The van der Waals surface area contributed by atoms with Crippen LogP contribution in [0.4, 0.5) is 0 Å². The summed E-state index contributed by atoms with van der Waals surface area (Å²) in [5, 5.41) is 12.4. The van der Waals surface area contributed by atoms with Gasteiger partial charge in [-0.05, 0) is 64.1 Å². The third kappa shape index (κ3) is 5.35. The van der Waals surface area contributed by atoms with Crippen LogP contribution < -0.4 is 4.57 Å². The lowest BCUT2D eigenvalue weighted by atomic mass is 9.87. The first-order valence-electron chi connectivity index (χ1n) is 15.1. The first-order valence-corrected chi connectivity index (χ1v) is 15.1. The highest BCUT2D eigenvalue weighted by molar-refractivity contribution is 6.12. The molecular formula is C40H39N2O+. The Balaban J connectivity index is 1.48. The maximum Gasteiger partial charge on any atom is 0.216 e. The molecule has 2 aromatic heterocycles. The summed E-state index contributed by atoms with van der Waals surface area (Å²) in [5.74, 6) is 0.479. The molecule has 0 saturated carbocycles. The molecule has 0 N–H and O–H groups in total. The fourth-order valence-electron chi connectivity index (χ4n) is 6.18. The molecule has 6 aromatic rings. The van der Waals surface area contributed by atoms with E-state index in [2.05, 4.69) is 150 Å². The van der Waals surface area contributed by atoms with Crippen LogP contribution in [0.25, 0.3) is 55.4 Å². The molecule has 3 nitrogen and oxygen atoms in total. The molecule has 0 atom stereocenters. The Bertz CT molecular complexity index is 2030. The Morgan fingerprint density at radius 3 is 2.21 bits per heavy atom. The first-order chi connectivity index (χ1) is 20.5. The predicted molar refractivity (Wildman–Crippen MR) is 178 cm³/mol. The molecule has 0 spiro atoms. The highest BCUT2D eigenvalue weighted by Gasteiger charge is 2.24. The lowest BCUT2D eigenvalue weighted by Gasteiger charge is -2.18. The number of furan rings is 1. The lowest BCUT2D eigenvalue weighted by Crippen LogP contribution is -2.31. The molecule has 4 aromatic carbocycles. The van der Waals surface area contributed by atoms with Crippen LogP contribution in [0.3, 0.4) is 0 Å². The third-order valence-electron chi connectivity index (χ3n) is 8.42. The van der Waals surface area contributed by atoms with E-state index in [1.165, 1.54) is 16.7 Å². The zero-order valence-electron chi connectivity index (χ0n) is 26.2. The van der Waals surface area contributed by atoms with Crippen LogP contribution in [0, 0.1) is 23.7 Å². The standard InChI is InChI=1S/C40H39N2O/c1-25(2)30-9-8-10-31(22-30)28-12-14-29(15-13-28)32-17-18-33-34-16-11-26(3)37(39(34)43-38(33)35(32)24-41)36-21-27(19-20-42(36)7)23-40(4,5)6/h8-22,25H,23H2,1-7H3/q+1. The van der Waals surface area contributed by atoms with Crippen LogP contribution in [0.5, 0.6) is 0 Å². The number of benzene rings is 4. The van der Waals surface area contributed by atoms with Crippen LogP contribution in [-0.2, 0) is 13.5 Å². The number of fused-ring (bicyclic) bond motifs is 3. The first kappa shape index (κ1) is 28.4. The average molecular weight is 564 g/mol. The number of pyridine rings is 1. The summed E-state index contributed by atoms with van der Waals surface area (Å²) in [6.07, 6.45) is 3.12.